The highest BCUT2D eigenvalue weighted by molar-refractivity contribution is 5.95. The lowest BCUT2D eigenvalue weighted by atomic mass is 10.1. The highest BCUT2D eigenvalue weighted by Crippen LogP contribution is 2.19. The van der Waals surface area contributed by atoms with Crippen LogP contribution in [0, 0.1) is 0 Å². The monoisotopic (exact) mass is 360 g/mol. The van der Waals surface area contributed by atoms with Gasteiger partial charge in [-0.1, -0.05) is 55.5 Å². The molecule has 1 unspecified atom stereocenters. The molecule has 0 bridgehead atoms. The van der Waals surface area contributed by atoms with Crippen LogP contribution < -0.4 is 9.64 Å². The minimum Gasteiger partial charge on any atom is -0.481 e. The van der Waals surface area contributed by atoms with Crippen LogP contribution >= 0.6 is 0 Å². The van der Waals surface area contributed by atoms with Crippen LogP contribution in [0.5, 0.6) is 5.75 Å². The molecular weight excluding hydrogens is 336 g/mol. The molecule has 2 aromatic carbocycles. The number of anilines is 1. The largest absolute Gasteiger partial charge is 0.481 e. The van der Waals surface area contributed by atoms with E-state index in [1.807, 2.05) is 72.8 Å². The highest BCUT2D eigenvalue weighted by atomic mass is 16.5. The Labute approximate surface area is 160 Å². The van der Waals surface area contributed by atoms with E-state index in [0.29, 0.717) is 18.1 Å². The zero-order valence-electron chi connectivity index (χ0n) is 15.7. The second-order valence-corrected chi connectivity index (χ2v) is 6.36. The first kappa shape index (κ1) is 18.6. The fourth-order valence-corrected chi connectivity index (χ4v) is 2.83. The van der Waals surface area contributed by atoms with E-state index in [1.165, 1.54) is 5.56 Å². The standard InChI is InChI=1S/C23H24N2O2/c1-3-19-12-14-21(15-13-19)27-18(2)23(26)25(22-11-7-8-16-24-22)17-20-9-5-4-6-10-20/h4-16,18H,3,17H2,1-2H3. The number of aryl methyl sites for hydroxylation is 1. The molecule has 1 heterocycles. The molecule has 0 saturated heterocycles. The van der Waals surface area contributed by atoms with Crippen molar-refractivity contribution in [2.24, 2.45) is 0 Å². The number of rotatable bonds is 7. The predicted molar refractivity (Wildman–Crippen MR) is 108 cm³/mol. The zero-order valence-corrected chi connectivity index (χ0v) is 15.7. The van der Waals surface area contributed by atoms with E-state index in [2.05, 4.69) is 11.9 Å². The number of carbonyl (C=O) groups is 1. The predicted octanol–water partition coefficient (Wildman–Crippen LogP) is 4.64. The summed E-state index contributed by atoms with van der Waals surface area (Å²) in [5, 5.41) is 0. The highest BCUT2D eigenvalue weighted by Gasteiger charge is 2.24. The maximum Gasteiger partial charge on any atom is 0.269 e. The summed E-state index contributed by atoms with van der Waals surface area (Å²) in [6.07, 6.45) is 2.04. The van der Waals surface area contributed by atoms with Crippen LogP contribution in [-0.2, 0) is 17.8 Å². The number of hydrogen-bond donors (Lipinski definition) is 0. The number of ether oxygens (including phenoxy) is 1. The summed E-state index contributed by atoms with van der Waals surface area (Å²) >= 11 is 0. The Morgan fingerprint density at radius 2 is 1.67 bits per heavy atom. The Morgan fingerprint density at radius 1 is 0.963 bits per heavy atom. The van der Waals surface area contributed by atoms with Gasteiger partial charge < -0.3 is 4.74 Å². The van der Waals surface area contributed by atoms with Crippen molar-refractivity contribution in [2.75, 3.05) is 4.90 Å². The first-order valence-corrected chi connectivity index (χ1v) is 9.19. The molecule has 0 radical (unpaired) electrons. The van der Waals surface area contributed by atoms with Crippen LogP contribution in [0.3, 0.4) is 0 Å². The summed E-state index contributed by atoms with van der Waals surface area (Å²) in [7, 11) is 0. The van der Waals surface area contributed by atoms with Gasteiger partial charge in [0.25, 0.3) is 5.91 Å². The van der Waals surface area contributed by atoms with Gasteiger partial charge in [-0.2, -0.15) is 0 Å². The van der Waals surface area contributed by atoms with Crippen LogP contribution in [0.4, 0.5) is 5.82 Å². The molecular formula is C23H24N2O2. The van der Waals surface area contributed by atoms with Crippen molar-refractivity contribution in [1.29, 1.82) is 0 Å². The fraction of sp³-hybridized carbons (Fsp3) is 0.217. The Balaban J connectivity index is 1.78. The second-order valence-electron chi connectivity index (χ2n) is 6.36. The van der Waals surface area contributed by atoms with Crippen LogP contribution in [-0.4, -0.2) is 17.0 Å². The zero-order chi connectivity index (χ0) is 19.1. The van der Waals surface area contributed by atoms with E-state index in [1.54, 1.807) is 18.0 Å². The minimum atomic E-state index is -0.622. The molecule has 1 atom stereocenters. The Bertz CT molecular complexity index is 849. The molecule has 3 rings (SSSR count). The molecule has 0 N–H and O–H groups in total. The van der Waals surface area contributed by atoms with Gasteiger partial charge in [0, 0.05) is 6.20 Å². The SMILES string of the molecule is CCc1ccc(OC(C)C(=O)N(Cc2ccccc2)c2ccccn2)cc1. The maximum absolute atomic E-state index is 13.1. The van der Waals surface area contributed by atoms with Crippen molar-refractivity contribution in [3.63, 3.8) is 0 Å². The summed E-state index contributed by atoms with van der Waals surface area (Å²) in [5.74, 6) is 1.17. The molecule has 0 fully saturated rings. The quantitative estimate of drug-likeness (QED) is 0.616. The van der Waals surface area contributed by atoms with Gasteiger partial charge in [0.05, 0.1) is 6.54 Å². The molecule has 1 amide bonds. The maximum atomic E-state index is 13.1. The van der Waals surface area contributed by atoms with E-state index < -0.39 is 6.10 Å². The lowest BCUT2D eigenvalue weighted by Crippen LogP contribution is -2.40. The molecule has 3 aromatic rings. The van der Waals surface area contributed by atoms with E-state index in [9.17, 15) is 4.79 Å². The third kappa shape index (κ3) is 4.94. The number of pyridine rings is 1. The van der Waals surface area contributed by atoms with Crippen LogP contribution in [0.2, 0.25) is 0 Å². The molecule has 4 nitrogen and oxygen atoms in total. The third-order valence-corrected chi connectivity index (χ3v) is 4.37. The van der Waals surface area contributed by atoms with Gasteiger partial charge in [0.15, 0.2) is 6.10 Å². The van der Waals surface area contributed by atoms with Crippen molar-refractivity contribution in [2.45, 2.75) is 32.9 Å². The minimum absolute atomic E-state index is 0.128. The van der Waals surface area contributed by atoms with Crippen LogP contribution in [0.1, 0.15) is 25.0 Å². The number of nitrogens with zero attached hydrogens (tertiary/aromatic N) is 2. The molecule has 0 aliphatic heterocycles. The molecule has 0 aliphatic carbocycles. The summed E-state index contributed by atoms with van der Waals surface area (Å²) < 4.78 is 5.90. The lowest BCUT2D eigenvalue weighted by molar-refractivity contribution is -0.124. The number of benzene rings is 2. The Kier molecular flexibility index (Phi) is 6.21. The third-order valence-electron chi connectivity index (χ3n) is 4.37. The van der Waals surface area contributed by atoms with E-state index >= 15 is 0 Å². The van der Waals surface area contributed by atoms with E-state index in [-0.39, 0.29) is 5.91 Å². The molecule has 27 heavy (non-hydrogen) atoms. The van der Waals surface area contributed by atoms with Gasteiger partial charge in [-0.15, -0.1) is 0 Å². The number of aromatic nitrogens is 1. The van der Waals surface area contributed by atoms with E-state index in [4.69, 9.17) is 4.74 Å². The number of amides is 1. The summed E-state index contributed by atoms with van der Waals surface area (Å²) in [6, 6.07) is 23.3. The molecule has 0 spiro atoms. The van der Waals surface area contributed by atoms with Gasteiger partial charge in [-0.3, -0.25) is 9.69 Å². The average Bonchev–Trinajstić information content (AvgIpc) is 2.73. The van der Waals surface area contributed by atoms with Crippen molar-refractivity contribution in [3.8, 4) is 5.75 Å². The van der Waals surface area contributed by atoms with Gasteiger partial charge >= 0.3 is 0 Å². The second kappa shape index (κ2) is 8.99. The Hall–Kier alpha value is -3.14. The Morgan fingerprint density at radius 3 is 2.30 bits per heavy atom. The number of carbonyl (C=O) groups excluding carboxylic acids is 1. The van der Waals surface area contributed by atoms with Gasteiger partial charge in [0.1, 0.15) is 11.6 Å². The summed E-state index contributed by atoms with van der Waals surface area (Å²) in [6.45, 7) is 4.33. The van der Waals surface area contributed by atoms with Crippen LogP contribution in [0.25, 0.3) is 0 Å². The normalized spacial score (nSPS) is 11.6. The molecule has 138 valence electrons. The van der Waals surface area contributed by atoms with Crippen molar-refractivity contribution in [3.05, 3.63) is 90.1 Å². The van der Waals surface area contributed by atoms with Gasteiger partial charge in [-0.05, 0) is 48.7 Å². The fourth-order valence-electron chi connectivity index (χ4n) is 2.83. The van der Waals surface area contributed by atoms with E-state index in [0.717, 1.165) is 12.0 Å². The topological polar surface area (TPSA) is 42.4 Å². The average molecular weight is 360 g/mol. The first-order chi connectivity index (χ1) is 13.2. The summed E-state index contributed by atoms with van der Waals surface area (Å²) in [5.41, 5.74) is 2.27. The molecule has 0 saturated carbocycles. The smallest absolute Gasteiger partial charge is 0.269 e. The molecule has 4 heteroatoms. The first-order valence-electron chi connectivity index (χ1n) is 9.19. The van der Waals surface area contributed by atoms with Crippen molar-refractivity contribution in [1.82, 2.24) is 4.98 Å². The van der Waals surface area contributed by atoms with Gasteiger partial charge in [0.2, 0.25) is 0 Å². The lowest BCUT2D eigenvalue weighted by Gasteiger charge is -2.25. The number of hydrogen-bond acceptors (Lipinski definition) is 3. The summed E-state index contributed by atoms with van der Waals surface area (Å²) in [4.78, 5) is 19.2. The van der Waals surface area contributed by atoms with Crippen molar-refractivity contribution >= 4 is 11.7 Å². The van der Waals surface area contributed by atoms with Gasteiger partial charge in [-0.25, -0.2) is 4.98 Å². The van der Waals surface area contributed by atoms with Crippen molar-refractivity contribution < 1.29 is 9.53 Å². The molecule has 1 aromatic heterocycles. The molecule has 0 aliphatic rings. The van der Waals surface area contributed by atoms with Crippen LogP contribution in [0.15, 0.2) is 79.0 Å².